The number of nitrogens with zero attached hydrogens (tertiary/aromatic N) is 1. The SMILES string of the molecule is CC1OCCC1N(C)C(=O)c1ccc(F)c2ccccc12. The van der Waals surface area contributed by atoms with Crippen LogP contribution in [0.25, 0.3) is 10.8 Å². The molecule has 0 spiro atoms. The number of fused-ring (bicyclic) bond motifs is 1. The molecule has 1 heterocycles. The zero-order chi connectivity index (χ0) is 15.0. The van der Waals surface area contributed by atoms with Crippen LogP contribution >= 0.6 is 0 Å². The number of carbonyl (C=O) groups is 1. The highest BCUT2D eigenvalue weighted by Gasteiger charge is 2.31. The molecule has 0 bridgehead atoms. The van der Waals surface area contributed by atoms with Gasteiger partial charge in [-0.3, -0.25) is 4.79 Å². The Morgan fingerprint density at radius 3 is 2.62 bits per heavy atom. The second kappa shape index (κ2) is 5.45. The molecule has 2 unspecified atom stereocenters. The molecule has 4 heteroatoms. The summed E-state index contributed by atoms with van der Waals surface area (Å²) in [4.78, 5) is 14.5. The molecule has 0 saturated carbocycles. The summed E-state index contributed by atoms with van der Waals surface area (Å²) in [5.74, 6) is -0.393. The maximum absolute atomic E-state index is 13.8. The lowest BCUT2D eigenvalue weighted by Gasteiger charge is -2.27. The lowest BCUT2D eigenvalue weighted by Crippen LogP contribution is -2.41. The van der Waals surface area contributed by atoms with E-state index in [1.54, 1.807) is 36.2 Å². The Bertz CT molecular complexity index is 686. The molecule has 2 aromatic rings. The minimum absolute atomic E-state index is 0.0330. The predicted octanol–water partition coefficient (Wildman–Crippen LogP) is 3.23. The summed E-state index contributed by atoms with van der Waals surface area (Å²) in [5, 5.41) is 1.13. The molecule has 2 atom stereocenters. The van der Waals surface area contributed by atoms with Crippen molar-refractivity contribution in [2.24, 2.45) is 0 Å². The summed E-state index contributed by atoms with van der Waals surface area (Å²) in [6, 6.07) is 10.1. The van der Waals surface area contributed by atoms with E-state index in [4.69, 9.17) is 4.74 Å². The smallest absolute Gasteiger partial charge is 0.254 e. The number of likely N-dealkylation sites (N-methyl/N-ethyl adjacent to an activating group) is 1. The first-order chi connectivity index (χ1) is 10.1. The second-order valence-corrected chi connectivity index (χ2v) is 5.49. The minimum Gasteiger partial charge on any atom is -0.376 e. The largest absolute Gasteiger partial charge is 0.376 e. The summed E-state index contributed by atoms with van der Waals surface area (Å²) in [7, 11) is 1.79. The number of carbonyl (C=O) groups excluding carboxylic acids is 1. The van der Waals surface area contributed by atoms with Crippen molar-refractivity contribution in [2.75, 3.05) is 13.7 Å². The minimum atomic E-state index is -0.303. The van der Waals surface area contributed by atoms with Gasteiger partial charge in [-0.15, -0.1) is 0 Å². The summed E-state index contributed by atoms with van der Waals surface area (Å²) < 4.78 is 19.4. The van der Waals surface area contributed by atoms with E-state index >= 15 is 0 Å². The topological polar surface area (TPSA) is 29.5 Å². The van der Waals surface area contributed by atoms with E-state index < -0.39 is 0 Å². The van der Waals surface area contributed by atoms with E-state index in [1.165, 1.54) is 6.07 Å². The van der Waals surface area contributed by atoms with Crippen molar-refractivity contribution in [2.45, 2.75) is 25.5 Å². The monoisotopic (exact) mass is 287 g/mol. The van der Waals surface area contributed by atoms with Crippen molar-refractivity contribution >= 4 is 16.7 Å². The Hall–Kier alpha value is -1.94. The molecule has 1 amide bonds. The molecule has 110 valence electrons. The highest BCUT2D eigenvalue weighted by molar-refractivity contribution is 6.07. The summed E-state index contributed by atoms with van der Waals surface area (Å²) >= 11 is 0. The predicted molar refractivity (Wildman–Crippen MR) is 79.8 cm³/mol. The number of benzene rings is 2. The average Bonchev–Trinajstić information content (AvgIpc) is 2.93. The van der Waals surface area contributed by atoms with Crippen LogP contribution in [0, 0.1) is 5.82 Å². The summed E-state index contributed by atoms with van der Waals surface area (Å²) in [6.07, 6.45) is 0.869. The van der Waals surface area contributed by atoms with Crippen molar-refractivity contribution in [3.63, 3.8) is 0 Å². The first-order valence-corrected chi connectivity index (χ1v) is 7.15. The van der Waals surface area contributed by atoms with Gasteiger partial charge in [-0.1, -0.05) is 24.3 Å². The van der Waals surface area contributed by atoms with Crippen molar-refractivity contribution in [3.05, 3.63) is 47.8 Å². The summed E-state index contributed by atoms with van der Waals surface area (Å²) in [6.45, 7) is 2.65. The second-order valence-electron chi connectivity index (χ2n) is 5.49. The van der Waals surface area contributed by atoms with Crippen LogP contribution in [0.5, 0.6) is 0 Å². The molecule has 0 aliphatic carbocycles. The van der Waals surface area contributed by atoms with E-state index in [0.29, 0.717) is 22.9 Å². The molecule has 1 saturated heterocycles. The molecule has 0 aromatic heterocycles. The normalized spacial score (nSPS) is 21.7. The van der Waals surface area contributed by atoms with Gasteiger partial charge in [0, 0.05) is 24.6 Å². The third-order valence-corrected chi connectivity index (χ3v) is 4.26. The fourth-order valence-electron chi connectivity index (χ4n) is 3.02. The van der Waals surface area contributed by atoms with Crippen LogP contribution in [0.3, 0.4) is 0 Å². The Morgan fingerprint density at radius 2 is 1.95 bits per heavy atom. The van der Waals surface area contributed by atoms with Gasteiger partial charge >= 0.3 is 0 Å². The highest BCUT2D eigenvalue weighted by Crippen LogP contribution is 2.25. The van der Waals surface area contributed by atoms with Crippen molar-refractivity contribution in [3.8, 4) is 0 Å². The number of rotatable bonds is 2. The van der Waals surface area contributed by atoms with Crippen LogP contribution in [0.4, 0.5) is 4.39 Å². The lowest BCUT2D eigenvalue weighted by molar-refractivity contribution is 0.0576. The van der Waals surface area contributed by atoms with Crippen molar-refractivity contribution < 1.29 is 13.9 Å². The van der Waals surface area contributed by atoms with Gasteiger partial charge in [-0.2, -0.15) is 0 Å². The first kappa shape index (κ1) is 14.0. The zero-order valence-electron chi connectivity index (χ0n) is 12.2. The Morgan fingerprint density at radius 1 is 1.24 bits per heavy atom. The molecule has 0 radical (unpaired) electrons. The van der Waals surface area contributed by atoms with Gasteiger partial charge in [0.2, 0.25) is 0 Å². The molecule has 1 aliphatic rings. The average molecular weight is 287 g/mol. The highest BCUT2D eigenvalue weighted by atomic mass is 19.1. The zero-order valence-corrected chi connectivity index (χ0v) is 12.2. The molecule has 3 rings (SSSR count). The van der Waals surface area contributed by atoms with Gasteiger partial charge in [0.05, 0.1) is 12.1 Å². The molecular weight excluding hydrogens is 269 g/mol. The van der Waals surface area contributed by atoms with Crippen LogP contribution in [0.2, 0.25) is 0 Å². The van der Waals surface area contributed by atoms with Gasteiger partial charge in [0.15, 0.2) is 0 Å². The van der Waals surface area contributed by atoms with Gasteiger partial charge in [-0.25, -0.2) is 4.39 Å². The fraction of sp³-hybridized carbons (Fsp3) is 0.353. The van der Waals surface area contributed by atoms with Gasteiger partial charge in [0.25, 0.3) is 5.91 Å². The van der Waals surface area contributed by atoms with E-state index in [0.717, 1.165) is 6.42 Å². The van der Waals surface area contributed by atoms with E-state index in [9.17, 15) is 9.18 Å². The fourth-order valence-corrected chi connectivity index (χ4v) is 3.02. The van der Waals surface area contributed by atoms with Crippen molar-refractivity contribution in [1.82, 2.24) is 4.90 Å². The van der Waals surface area contributed by atoms with Crippen molar-refractivity contribution in [1.29, 1.82) is 0 Å². The van der Waals surface area contributed by atoms with Crippen LogP contribution in [-0.2, 0) is 4.74 Å². The standard InChI is InChI=1S/C17H18FNO2/c1-11-16(9-10-21-11)19(2)17(20)14-7-8-15(18)13-6-4-3-5-12(13)14/h3-8,11,16H,9-10H2,1-2H3. The molecule has 0 N–H and O–H groups in total. The van der Waals surface area contributed by atoms with Crippen LogP contribution in [0.15, 0.2) is 36.4 Å². The maximum Gasteiger partial charge on any atom is 0.254 e. The number of halogens is 1. The Labute approximate surface area is 123 Å². The van der Waals surface area contributed by atoms with E-state index in [2.05, 4.69) is 0 Å². The Balaban J connectivity index is 2.00. The molecular formula is C17H18FNO2. The molecule has 3 nitrogen and oxygen atoms in total. The first-order valence-electron chi connectivity index (χ1n) is 7.15. The van der Waals surface area contributed by atoms with Crippen LogP contribution in [-0.4, -0.2) is 36.6 Å². The number of hydrogen-bond acceptors (Lipinski definition) is 2. The Kier molecular flexibility index (Phi) is 3.64. The lowest BCUT2D eigenvalue weighted by atomic mass is 10.0. The molecule has 2 aromatic carbocycles. The molecule has 1 fully saturated rings. The van der Waals surface area contributed by atoms with E-state index in [1.807, 2.05) is 13.0 Å². The van der Waals surface area contributed by atoms with Crippen LogP contribution < -0.4 is 0 Å². The number of hydrogen-bond donors (Lipinski definition) is 0. The third-order valence-electron chi connectivity index (χ3n) is 4.26. The number of ether oxygens (including phenoxy) is 1. The summed E-state index contributed by atoms with van der Waals surface area (Å²) in [5.41, 5.74) is 0.536. The van der Waals surface area contributed by atoms with E-state index in [-0.39, 0.29) is 23.9 Å². The number of amides is 1. The van der Waals surface area contributed by atoms with Gasteiger partial charge in [-0.05, 0) is 30.9 Å². The van der Waals surface area contributed by atoms with Crippen LogP contribution in [0.1, 0.15) is 23.7 Å². The molecule has 21 heavy (non-hydrogen) atoms. The quantitative estimate of drug-likeness (QED) is 0.848. The third kappa shape index (κ3) is 2.40. The van der Waals surface area contributed by atoms with Gasteiger partial charge in [0.1, 0.15) is 5.82 Å². The maximum atomic E-state index is 13.8. The van der Waals surface area contributed by atoms with Gasteiger partial charge < -0.3 is 9.64 Å². The molecule has 1 aliphatic heterocycles.